The molecule has 2 nitrogen and oxygen atoms in total. The molecule has 0 spiro atoms. The van der Waals surface area contributed by atoms with E-state index in [9.17, 15) is 0 Å². The molecule has 0 saturated carbocycles. The Kier molecular flexibility index (Phi) is 2.94. The molecule has 0 aromatic heterocycles. The maximum absolute atomic E-state index is 8.42. The third-order valence-electron chi connectivity index (χ3n) is 1.80. The molecule has 0 aliphatic rings. The maximum Gasteiger partial charge on any atom is 0.0933 e. The summed E-state index contributed by atoms with van der Waals surface area (Å²) < 4.78 is 0. The van der Waals surface area contributed by atoms with Crippen molar-refractivity contribution in [1.82, 2.24) is 0 Å². The Morgan fingerprint density at radius 2 is 2.31 bits per heavy atom. The van der Waals surface area contributed by atoms with Gasteiger partial charge in [-0.1, -0.05) is 23.7 Å². The highest BCUT2D eigenvalue weighted by atomic mass is 35.5. The lowest BCUT2D eigenvalue weighted by molar-refractivity contribution is 1.39. The summed E-state index contributed by atoms with van der Waals surface area (Å²) in [5.41, 5.74) is 7.81. The summed E-state index contributed by atoms with van der Waals surface area (Å²) in [6.45, 7) is 1.87. The van der Waals surface area contributed by atoms with Gasteiger partial charge in [-0.2, -0.15) is 5.26 Å². The predicted octanol–water partition coefficient (Wildman–Crippen LogP) is 2.47. The summed E-state index contributed by atoms with van der Waals surface area (Å²) in [4.78, 5) is 0. The van der Waals surface area contributed by atoms with E-state index >= 15 is 0 Å². The Hall–Kier alpha value is -1.46. The van der Waals surface area contributed by atoms with E-state index in [1.807, 2.05) is 25.1 Å². The van der Waals surface area contributed by atoms with Crippen LogP contribution in [-0.2, 0) is 0 Å². The van der Waals surface area contributed by atoms with Gasteiger partial charge in [0, 0.05) is 22.4 Å². The van der Waals surface area contributed by atoms with E-state index < -0.39 is 0 Å². The van der Waals surface area contributed by atoms with Gasteiger partial charge in [-0.3, -0.25) is 0 Å². The highest BCUT2D eigenvalue weighted by molar-refractivity contribution is 6.31. The number of allylic oxidation sites excluding steroid dienone is 1. The van der Waals surface area contributed by atoms with Gasteiger partial charge in [0.1, 0.15) is 0 Å². The highest BCUT2D eigenvalue weighted by Gasteiger charge is 2.03. The van der Waals surface area contributed by atoms with E-state index in [0.717, 1.165) is 11.1 Å². The number of rotatable bonds is 1. The lowest BCUT2D eigenvalue weighted by atomic mass is 10.1. The zero-order valence-corrected chi connectivity index (χ0v) is 7.97. The number of halogens is 1. The second-order valence-electron chi connectivity index (χ2n) is 2.64. The SMILES string of the molecule is Cc1c(Cl)cccc1/C(N)=C/C#N. The van der Waals surface area contributed by atoms with Gasteiger partial charge in [-0.15, -0.1) is 0 Å². The van der Waals surface area contributed by atoms with Crippen LogP contribution in [0.4, 0.5) is 0 Å². The van der Waals surface area contributed by atoms with Crippen molar-refractivity contribution in [3.63, 3.8) is 0 Å². The van der Waals surface area contributed by atoms with Crippen LogP contribution in [0.2, 0.25) is 5.02 Å². The van der Waals surface area contributed by atoms with Crippen LogP contribution in [0.5, 0.6) is 0 Å². The number of nitriles is 1. The van der Waals surface area contributed by atoms with Crippen LogP contribution in [0.15, 0.2) is 24.3 Å². The molecule has 0 saturated heterocycles. The second-order valence-corrected chi connectivity index (χ2v) is 3.05. The van der Waals surface area contributed by atoms with Gasteiger partial charge in [-0.25, -0.2) is 0 Å². The Labute approximate surface area is 82.2 Å². The van der Waals surface area contributed by atoms with Crippen molar-refractivity contribution < 1.29 is 0 Å². The molecular weight excluding hydrogens is 184 g/mol. The molecule has 1 rings (SSSR count). The van der Waals surface area contributed by atoms with Gasteiger partial charge >= 0.3 is 0 Å². The van der Waals surface area contributed by atoms with E-state index in [4.69, 9.17) is 22.6 Å². The highest BCUT2D eigenvalue weighted by Crippen LogP contribution is 2.22. The minimum atomic E-state index is 0.447. The van der Waals surface area contributed by atoms with Crippen molar-refractivity contribution in [2.45, 2.75) is 6.92 Å². The molecule has 0 bridgehead atoms. The molecule has 13 heavy (non-hydrogen) atoms. The molecule has 0 heterocycles. The average Bonchev–Trinajstić information content (AvgIpc) is 2.10. The van der Waals surface area contributed by atoms with E-state index in [2.05, 4.69) is 0 Å². The van der Waals surface area contributed by atoms with Crippen LogP contribution in [0, 0.1) is 18.3 Å². The van der Waals surface area contributed by atoms with Crippen LogP contribution in [-0.4, -0.2) is 0 Å². The second kappa shape index (κ2) is 3.97. The largest absolute Gasteiger partial charge is 0.398 e. The molecule has 0 atom stereocenters. The smallest absolute Gasteiger partial charge is 0.0933 e. The van der Waals surface area contributed by atoms with Gasteiger partial charge in [0.05, 0.1) is 6.07 Å². The molecule has 1 aromatic carbocycles. The van der Waals surface area contributed by atoms with Gasteiger partial charge in [0.25, 0.3) is 0 Å². The standard InChI is InChI=1S/C10H9ClN2/c1-7-8(10(13)5-6-12)3-2-4-9(7)11/h2-5H,13H2,1H3/b10-5-. The number of nitrogens with zero attached hydrogens (tertiary/aromatic N) is 1. The van der Waals surface area contributed by atoms with Gasteiger partial charge in [0.2, 0.25) is 0 Å². The summed E-state index contributed by atoms with van der Waals surface area (Å²) in [6, 6.07) is 7.32. The first-order valence-electron chi connectivity index (χ1n) is 3.77. The Morgan fingerprint density at radius 1 is 1.62 bits per heavy atom. The normalized spacial score (nSPS) is 11.0. The predicted molar refractivity (Wildman–Crippen MR) is 54.0 cm³/mol. The van der Waals surface area contributed by atoms with E-state index in [-0.39, 0.29) is 0 Å². The molecule has 1 aromatic rings. The fourth-order valence-electron chi connectivity index (χ4n) is 1.07. The van der Waals surface area contributed by atoms with Crippen molar-refractivity contribution in [1.29, 1.82) is 5.26 Å². The lowest BCUT2D eigenvalue weighted by Crippen LogP contribution is -1.98. The lowest BCUT2D eigenvalue weighted by Gasteiger charge is -2.05. The van der Waals surface area contributed by atoms with Crippen LogP contribution in [0.3, 0.4) is 0 Å². The Balaban J connectivity index is 3.25. The van der Waals surface area contributed by atoms with Crippen LogP contribution in [0.1, 0.15) is 11.1 Å². The summed E-state index contributed by atoms with van der Waals surface area (Å²) in [5, 5.41) is 9.08. The molecule has 0 unspecified atom stereocenters. The quantitative estimate of drug-likeness (QED) is 0.695. The van der Waals surface area contributed by atoms with Crippen LogP contribution >= 0.6 is 11.6 Å². The maximum atomic E-state index is 8.42. The van der Waals surface area contributed by atoms with Gasteiger partial charge in [-0.05, 0) is 18.6 Å². The molecule has 2 N–H and O–H groups in total. The van der Waals surface area contributed by atoms with Crippen molar-refractivity contribution in [3.05, 3.63) is 40.4 Å². The number of benzene rings is 1. The first kappa shape index (κ1) is 9.63. The molecule has 0 fully saturated rings. The average molecular weight is 193 g/mol. The zero-order valence-electron chi connectivity index (χ0n) is 7.21. The molecule has 66 valence electrons. The van der Waals surface area contributed by atoms with Crippen LogP contribution in [0.25, 0.3) is 5.70 Å². The van der Waals surface area contributed by atoms with Crippen molar-refractivity contribution in [2.75, 3.05) is 0 Å². The Morgan fingerprint density at radius 3 is 2.92 bits per heavy atom. The van der Waals surface area contributed by atoms with Gasteiger partial charge in [0.15, 0.2) is 0 Å². The van der Waals surface area contributed by atoms with Crippen LogP contribution < -0.4 is 5.73 Å². The zero-order chi connectivity index (χ0) is 9.84. The molecule has 0 amide bonds. The van der Waals surface area contributed by atoms with Crippen molar-refractivity contribution >= 4 is 17.3 Å². The number of hydrogen-bond donors (Lipinski definition) is 1. The summed E-state index contributed by atoms with van der Waals surface area (Å²) in [5.74, 6) is 0. The van der Waals surface area contributed by atoms with E-state index in [1.54, 1.807) is 6.07 Å². The minimum Gasteiger partial charge on any atom is -0.398 e. The molecule has 0 aliphatic carbocycles. The van der Waals surface area contributed by atoms with Gasteiger partial charge < -0.3 is 5.73 Å². The van der Waals surface area contributed by atoms with Crippen molar-refractivity contribution in [3.8, 4) is 6.07 Å². The number of hydrogen-bond acceptors (Lipinski definition) is 2. The molecular formula is C10H9ClN2. The van der Waals surface area contributed by atoms with E-state index in [1.165, 1.54) is 6.08 Å². The summed E-state index contributed by atoms with van der Waals surface area (Å²) in [7, 11) is 0. The molecule has 3 heteroatoms. The summed E-state index contributed by atoms with van der Waals surface area (Å²) in [6.07, 6.45) is 1.30. The molecule has 0 aliphatic heterocycles. The monoisotopic (exact) mass is 192 g/mol. The topological polar surface area (TPSA) is 49.8 Å². The fourth-order valence-corrected chi connectivity index (χ4v) is 1.24. The third-order valence-corrected chi connectivity index (χ3v) is 2.21. The fraction of sp³-hybridized carbons (Fsp3) is 0.100. The first-order valence-corrected chi connectivity index (χ1v) is 4.15. The third kappa shape index (κ3) is 2.01. The molecule has 0 radical (unpaired) electrons. The number of nitrogens with two attached hydrogens (primary N) is 1. The summed E-state index contributed by atoms with van der Waals surface area (Å²) >= 11 is 5.89. The first-order chi connectivity index (χ1) is 6.16. The minimum absolute atomic E-state index is 0.447. The Bertz CT molecular complexity index is 388. The van der Waals surface area contributed by atoms with Crippen molar-refractivity contribution in [2.24, 2.45) is 5.73 Å². The van der Waals surface area contributed by atoms with E-state index in [0.29, 0.717) is 10.7 Å².